The van der Waals surface area contributed by atoms with Crippen LogP contribution >= 0.6 is 0 Å². The van der Waals surface area contributed by atoms with Gasteiger partial charge in [-0.3, -0.25) is 5.26 Å². The third kappa shape index (κ3) is 5.10. The van der Waals surface area contributed by atoms with E-state index in [2.05, 4.69) is 42.3 Å². The van der Waals surface area contributed by atoms with E-state index in [-0.39, 0.29) is 0 Å². The number of hydrogen-bond donors (Lipinski definition) is 1. The summed E-state index contributed by atoms with van der Waals surface area (Å²) in [6.07, 6.45) is 7.46. The lowest BCUT2D eigenvalue weighted by molar-refractivity contribution is -0.268. The van der Waals surface area contributed by atoms with Crippen LogP contribution in [0.1, 0.15) is 60.3 Å². The quantitative estimate of drug-likeness (QED) is 0.239. The summed E-state index contributed by atoms with van der Waals surface area (Å²) >= 11 is 0. The maximum atomic E-state index is 8.92. The van der Waals surface area contributed by atoms with Crippen molar-refractivity contribution in [1.29, 1.82) is 0 Å². The number of rotatable bonds is 9. The second-order valence-electron chi connectivity index (χ2n) is 7.20. The molecule has 0 spiro atoms. The molecule has 0 aromatic heterocycles. The van der Waals surface area contributed by atoms with E-state index in [1.54, 1.807) is 12.2 Å². The van der Waals surface area contributed by atoms with Crippen molar-refractivity contribution in [2.24, 2.45) is 0 Å². The minimum absolute atomic E-state index is 0.369. The minimum Gasteiger partial charge on any atom is -0.337 e. The van der Waals surface area contributed by atoms with Gasteiger partial charge in [0.25, 0.3) is 0 Å². The molecule has 1 aliphatic carbocycles. The van der Waals surface area contributed by atoms with Gasteiger partial charge in [-0.1, -0.05) is 48.6 Å². The number of benzene rings is 2. The van der Waals surface area contributed by atoms with E-state index >= 15 is 0 Å². The Hall–Kier alpha value is -2.40. The molecule has 0 saturated heterocycles. The summed E-state index contributed by atoms with van der Waals surface area (Å²) in [5, 5.41) is 8.92. The summed E-state index contributed by atoms with van der Waals surface area (Å²) in [4.78, 5) is 14.6. The summed E-state index contributed by atoms with van der Waals surface area (Å²) in [5.74, 6) is 1.88. The van der Waals surface area contributed by atoms with Crippen molar-refractivity contribution in [3.05, 3.63) is 90.5 Å². The van der Waals surface area contributed by atoms with Crippen LogP contribution in [0.4, 0.5) is 0 Å². The summed E-state index contributed by atoms with van der Waals surface area (Å²) in [6, 6.07) is 16.5. The molecular weight excluding hydrogens is 352 g/mol. The fourth-order valence-corrected chi connectivity index (χ4v) is 3.90. The Bertz CT molecular complexity index is 743. The van der Waals surface area contributed by atoms with Crippen LogP contribution in [-0.2, 0) is 9.78 Å². The molecule has 1 saturated carbocycles. The molecule has 1 unspecified atom stereocenters. The molecule has 1 fully saturated rings. The van der Waals surface area contributed by atoms with Crippen LogP contribution < -0.4 is 4.89 Å². The van der Waals surface area contributed by atoms with E-state index in [4.69, 9.17) is 15.0 Å². The fraction of sp³-hybridized carbons (Fsp3) is 0.333. The lowest BCUT2D eigenvalue weighted by atomic mass is 9.76. The lowest BCUT2D eigenvalue weighted by Crippen LogP contribution is -2.12. The van der Waals surface area contributed by atoms with E-state index in [1.807, 2.05) is 24.3 Å². The van der Waals surface area contributed by atoms with Gasteiger partial charge in [-0.2, -0.15) is 4.89 Å². The van der Waals surface area contributed by atoms with Gasteiger partial charge in [0.05, 0.1) is 0 Å². The lowest BCUT2D eigenvalue weighted by Gasteiger charge is -2.29. The Kier molecular flexibility index (Phi) is 7.43. The largest absolute Gasteiger partial charge is 0.337 e. The van der Waals surface area contributed by atoms with Gasteiger partial charge in [-0.05, 0) is 66.3 Å². The maximum absolute atomic E-state index is 8.92. The zero-order chi connectivity index (χ0) is 19.8. The third-order valence-corrected chi connectivity index (χ3v) is 5.48. The van der Waals surface area contributed by atoms with Crippen molar-refractivity contribution in [3.63, 3.8) is 0 Å². The maximum Gasteiger partial charge on any atom is 0.165 e. The van der Waals surface area contributed by atoms with Gasteiger partial charge in [0, 0.05) is 0 Å². The first-order valence-electron chi connectivity index (χ1n) is 9.78. The van der Waals surface area contributed by atoms with Crippen LogP contribution in [0.5, 0.6) is 5.75 Å². The molecule has 2 aromatic rings. The summed E-state index contributed by atoms with van der Waals surface area (Å²) in [7, 11) is 0. The van der Waals surface area contributed by atoms with Crippen molar-refractivity contribution in [2.75, 3.05) is 6.61 Å². The molecule has 0 amide bonds. The molecule has 0 bridgehead atoms. The molecule has 1 atom stereocenters. The zero-order valence-electron chi connectivity index (χ0n) is 16.1. The van der Waals surface area contributed by atoms with Gasteiger partial charge in [0.2, 0.25) is 0 Å². The van der Waals surface area contributed by atoms with Crippen molar-refractivity contribution in [1.82, 2.24) is 0 Å². The monoisotopic (exact) mass is 380 g/mol. The summed E-state index contributed by atoms with van der Waals surface area (Å²) in [5.41, 5.74) is 3.62. The highest BCUT2D eigenvalue weighted by atomic mass is 17.2. The second kappa shape index (κ2) is 10.2. The van der Waals surface area contributed by atoms with Gasteiger partial charge >= 0.3 is 0 Å². The average Bonchev–Trinajstić information content (AvgIpc) is 2.76. The average molecular weight is 380 g/mol. The molecule has 0 heterocycles. The fourth-order valence-electron chi connectivity index (χ4n) is 3.90. The van der Waals surface area contributed by atoms with E-state index in [9.17, 15) is 0 Å². The first-order valence-corrected chi connectivity index (χ1v) is 9.78. The van der Waals surface area contributed by atoms with E-state index in [0.717, 1.165) is 5.56 Å². The highest BCUT2D eigenvalue weighted by molar-refractivity contribution is 5.31. The molecular formula is C24H28O4. The molecule has 28 heavy (non-hydrogen) atoms. The molecule has 1 N–H and O–H groups in total. The smallest absolute Gasteiger partial charge is 0.165 e. The summed E-state index contributed by atoms with van der Waals surface area (Å²) in [6.45, 7) is 7.64. The van der Waals surface area contributed by atoms with Gasteiger partial charge < -0.3 is 4.89 Å². The molecule has 0 radical (unpaired) electrons. The van der Waals surface area contributed by atoms with Crippen molar-refractivity contribution in [3.8, 4) is 5.75 Å². The van der Waals surface area contributed by atoms with Crippen LogP contribution in [-0.4, -0.2) is 11.9 Å². The Morgan fingerprint density at radius 3 is 1.89 bits per heavy atom. The zero-order valence-corrected chi connectivity index (χ0v) is 16.1. The molecule has 3 rings (SSSR count). The highest BCUT2D eigenvalue weighted by Gasteiger charge is 2.23. The molecule has 148 valence electrons. The van der Waals surface area contributed by atoms with Crippen LogP contribution in [0.25, 0.3) is 0 Å². The number of hydrogen-bond acceptors (Lipinski definition) is 4. The Labute approximate surface area is 166 Å². The predicted octanol–water partition coefficient (Wildman–Crippen LogP) is 6.34. The normalized spacial score (nSPS) is 20.3. The van der Waals surface area contributed by atoms with Gasteiger partial charge in [-0.15, -0.1) is 13.2 Å². The van der Waals surface area contributed by atoms with E-state index in [1.165, 1.54) is 36.8 Å². The Morgan fingerprint density at radius 1 is 0.893 bits per heavy atom. The second-order valence-corrected chi connectivity index (χ2v) is 7.20. The minimum atomic E-state index is -0.473. The molecule has 2 aromatic carbocycles. The molecule has 4 heteroatoms. The van der Waals surface area contributed by atoms with Crippen LogP contribution in [0, 0.1) is 0 Å². The predicted molar refractivity (Wildman–Crippen MR) is 110 cm³/mol. The molecule has 4 nitrogen and oxygen atoms in total. The molecule has 1 aliphatic rings. The van der Waals surface area contributed by atoms with Crippen molar-refractivity contribution in [2.45, 2.75) is 43.6 Å². The SMILES string of the molecule is C=CCOOc1ccc(C2CCC(c3ccc(C(C=C)OO)cc3)CC2)cc1. The standard InChI is InChI=1S/C24H28O4/c1-3-17-26-28-23-15-13-21(14-16-23)19-7-5-18(6-8-19)20-9-11-22(12-10-20)24(4-2)27-25/h3-4,9-16,18-19,24-25H,1-2,5-8,17H2. The molecule has 0 aliphatic heterocycles. The first-order chi connectivity index (χ1) is 13.7. The van der Waals surface area contributed by atoms with E-state index < -0.39 is 6.10 Å². The third-order valence-electron chi connectivity index (χ3n) is 5.48. The Balaban J connectivity index is 1.54. The Morgan fingerprint density at radius 2 is 1.43 bits per heavy atom. The van der Waals surface area contributed by atoms with Crippen molar-refractivity contribution >= 4 is 0 Å². The van der Waals surface area contributed by atoms with E-state index in [0.29, 0.717) is 24.2 Å². The van der Waals surface area contributed by atoms with Gasteiger partial charge in [-0.25, -0.2) is 4.89 Å². The highest BCUT2D eigenvalue weighted by Crippen LogP contribution is 2.41. The van der Waals surface area contributed by atoms with Crippen LogP contribution in [0.3, 0.4) is 0 Å². The van der Waals surface area contributed by atoms with Crippen LogP contribution in [0.2, 0.25) is 0 Å². The van der Waals surface area contributed by atoms with Gasteiger partial charge in [0.15, 0.2) is 5.75 Å². The summed E-state index contributed by atoms with van der Waals surface area (Å²) < 4.78 is 0. The van der Waals surface area contributed by atoms with Crippen molar-refractivity contribution < 1.29 is 19.9 Å². The van der Waals surface area contributed by atoms with Gasteiger partial charge in [0.1, 0.15) is 12.7 Å². The van der Waals surface area contributed by atoms with Crippen LogP contribution in [0.15, 0.2) is 73.8 Å². The topological polar surface area (TPSA) is 47.9 Å². The first kappa shape index (κ1) is 20.3.